The second kappa shape index (κ2) is 5.68. The molecule has 118 valence electrons. The zero-order chi connectivity index (χ0) is 15.7. The van der Waals surface area contributed by atoms with Crippen LogP contribution in [0.3, 0.4) is 0 Å². The van der Waals surface area contributed by atoms with Crippen LogP contribution in [0.1, 0.15) is 39.4 Å². The van der Waals surface area contributed by atoms with Crippen LogP contribution < -0.4 is 4.90 Å². The molecule has 2 aromatic heterocycles. The molecule has 0 saturated carbocycles. The Labute approximate surface area is 130 Å². The van der Waals surface area contributed by atoms with Crippen molar-refractivity contribution in [2.75, 3.05) is 18.0 Å². The van der Waals surface area contributed by atoms with E-state index in [0.29, 0.717) is 18.3 Å². The standard InChI is InChI=1S/C16H22N4O2/c1-16(2,3)15-18-14(22-19-15)12-7-4-8-17-13(12)20-9-5-6-11(21)10-20/h4,7-8,11,21H,5-6,9-10H2,1-3H3. The van der Waals surface area contributed by atoms with E-state index in [4.69, 9.17) is 4.52 Å². The molecule has 0 amide bonds. The molecule has 22 heavy (non-hydrogen) atoms. The van der Waals surface area contributed by atoms with Crippen molar-refractivity contribution in [1.29, 1.82) is 0 Å². The summed E-state index contributed by atoms with van der Waals surface area (Å²) in [5.74, 6) is 1.95. The lowest BCUT2D eigenvalue weighted by Gasteiger charge is -2.31. The number of aliphatic hydroxyl groups is 1. The molecule has 3 heterocycles. The van der Waals surface area contributed by atoms with E-state index >= 15 is 0 Å². The third-order valence-corrected chi connectivity index (χ3v) is 3.81. The summed E-state index contributed by atoms with van der Waals surface area (Å²) in [6.07, 6.45) is 3.24. The average Bonchev–Trinajstić information content (AvgIpc) is 2.97. The van der Waals surface area contributed by atoms with Crippen molar-refractivity contribution in [2.24, 2.45) is 0 Å². The van der Waals surface area contributed by atoms with Gasteiger partial charge in [0.2, 0.25) is 0 Å². The smallest absolute Gasteiger partial charge is 0.261 e. The van der Waals surface area contributed by atoms with Gasteiger partial charge < -0.3 is 14.5 Å². The predicted octanol–water partition coefficient (Wildman–Crippen LogP) is 2.39. The number of piperidine rings is 1. The molecule has 1 unspecified atom stereocenters. The first-order valence-corrected chi connectivity index (χ1v) is 7.68. The highest BCUT2D eigenvalue weighted by Gasteiger charge is 2.26. The minimum atomic E-state index is -0.309. The molecule has 6 heteroatoms. The van der Waals surface area contributed by atoms with Gasteiger partial charge in [-0.2, -0.15) is 4.98 Å². The van der Waals surface area contributed by atoms with Gasteiger partial charge >= 0.3 is 0 Å². The van der Waals surface area contributed by atoms with E-state index < -0.39 is 0 Å². The fraction of sp³-hybridized carbons (Fsp3) is 0.562. The van der Waals surface area contributed by atoms with Crippen LogP contribution in [0.2, 0.25) is 0 Å². The van der Waals surface area contributed by atoms with Crippen molar-refractivity contribution in [3.8, 4) is 11.5 Å². The molecule has 0 bridgehead atoms. The molecule has 2 aromatic rings. The third kappa shape index (κ3) is 2.97. The van der Waals surface area contributed by atoms with Crippen LogP contribution in [0.25, 0.3) is 11.5 Å². The zero-order valence-corrected chi connectivity index (χ0v) is 13.3. The van der Waals surface area contributed by atoms with Crippen LogP contribution in [0.5, 0.6) is 0 Å². The van der Waals surface area contributed by atoms with Crippen LogP contribution in [0.15, 0.2) is 22.9 Å². The molecule has 0 aromatic carbocycles. The molecule has 1 fully saturated rings. The molecule has 0 aliphatic carbocycles. The number of hydrogen-bond donors (Lipinski definition) is 1. The lowest BCUT2D eigenvalue weighted by molar-refractivity contribution is 0.154. The monoisotopic (exact) mass is 302 g/mol. The minimum Gasteiger partial charge on any atom is -0.391 e. The number of nitrogens with zero attached hydrogens (tertiary/aromatic N) is 4. The molecule has 1 saturated heterocycles. The summed E-state index contributed by atoms with van der Waals surface area (Å²) < 4.78 is 5.45. The highest BCUT2D eigenvalue weighted by atomic mass is 16.5. The van der Waals surface area contributed by atoms with E-state index in [9.17, 15) is 5.11 Å². The number of aromatic nitrogens is 3. The Hall–Kier alpha value is -1.95. The maximum absolute atomic E-state index is 9.89. The van der Waals surface area contributed by atoms with Crippen molar-refractivity contribution < 1.29 is 9.63 Å². The van der Waals surface area contributed by atoms with Gasteiger partial charge in [-0.25, -0.2) is 4.98 Å². The minimum absolute atomic E-state index is 0.161. The van der Waals surface area contributed by atoms with Crippen molar-refractivity contribution >= 4 is 5.82 Å². The van der Waals surface area contributed by atoms with Crippen LogP contribution in [-0.4, -0.2) is 39.4 Å². The molecule has 1 aliphatic heterocycles. The second-order valence-corrected chi connectivity index (χ2v) is 6.79. The number of pyridine rings is 1. The normalized spacial score (nSPS) is 19.5. The van der Waals surface area contributed by atoms with E-state index in [0.717, 1.165) is 30.8 Å². The van der Waals surface area contributed by atoms with Gasteiger partial charge in [0.15, 0.2) is 5.82 Å². The van der Waals surface area contributed by atoms with E-state index in [1.807, 2.05) is 32.9 Å². The Morgan fingerprint density at radius 2 is 2.18 bits per heavy atom. The summed E-state index contributed by atoms with van der Waals surface area (Å²) >= 11 is 0. The molecule has 6 nitrogen and oxygen atoms in total. The van der Waals surface area contributed by atoms with Gasteiger partial charge in [0.05, 0.1) is 11.7 Å². The first-order chi connectivity index (χ1) is 10.4. The van der Waals surface area contributed by atoms with Crippen LogP contribution in [0.4, 0.5) is 5.82 Å². The van der Waals surface area contributed by atoms with E-state index in [1.165, 1.54) is 0 Å². The predicted molar refractivity (Wildman–Crippen MR) is 83.7 cm³/mol. The molecule has 0 radical (unpaired) electrons. The Kier molecular flexibility index (Phi) is 3.87. The van der Waals surface area contributed by atoms with E-state index in [-0.39, 0.29) is 11.5 Å². The number of hydrogen-bond acceptors (Lipinski definition) is 6. The van der Waals surface area contributed by atoms with Gasteiger partial charge in [-0.05, 0) is 25.0 Å². The number of aliphatic hydroxyl groups excluding tert-OH is 1. The molecule has 1 N–H and O–H groups in total. The number of rotatable bonds is 2. The quantitative estimate of drug-likeness (QED) is 0.918. The van der Waals surface area contributed by atoms with Crippen molar-refractivity contribution in [1.82, 2.24) is 15.1 Å². The average molecular weight is 302 g/mol. The van der Waals surface area contributed by atoms with Gasteiger partial charge in [0.1, 0.15) is 5.82 Å². The van der Waals surface area contributed by atoms with Gasteiger partial charge in [-0.15, -0.1) is 0 Å². The topological polar surface area (TPSA) is 75.3 Å². The van der Waals surface area contributed by atoms with Gasteiger partial charge in [-0.3, -0.25) is 0 Å². The van der Waals surface area contributed by atoms with Crippen molar-refractivity contribution in [3.63, 3.8) is 0 Å². The fourth-order valence-corrected chi connectivity index (χ4v) is 2.60. The van der Waals surface area contributed by atoms with Crippen molar-refractivity contribution in [2.45, 2.75) is 45.1 Å². The highest BCUT2D eigenvalue weighted by Crippen LogP contribution is 2.31. The second-order valence-electron chi connectivity index (χ2n) is 6.79. The first-order valence-electron chi connectivity index (χ1n) is 7.68. The SMILES string of the molecule is CC(C)(C)c1noc(-c2cccnc2N2CCCC(O)C2)n1. The molecule has 3 rings (SSSR count). The summed E-state index contributed by atoms with van der Waals surface area (Å²) in [6.45, 7) is 7.61. The third-order valence-electron chi connectivity index (χ3n) is 3.81. The molecular weight excluding hydrogens is 280 g/mol. The van der Waals surface area contributed by atoms with Crippen LogP contribution >= 0.6 is 0 Å². The van der Waals surface area contributed by atoms with Gasteiger partial charge in [0, 0.05) is 24.7 Å². The number of β-amino-alcohol motifs (C(OH)–C–C–N with tert-alkyl or cyclic N) is 1. The Morgan fingerprint density at radius 1 is 1.36 bits per heavy atom. The Bertz CT molecular complexity index is 648. The Morgan fingerprint density at radius 3 is 2.86 bits per heavy atom. The zero-order valence-electron chi connectivity index (χ0n) is 13.3. The number of anilines is 1. The first kappa shape index (κ1) is 15.0. The maximum Gasteiger partial charge on any atom is 0.261 e. The Balaban J connectivity index is 1.96. The van der Waals surface area contributed by atoms with Crippen molar-refractivity contribution in [3.05, 3.63) is 24.2 Å². The highest BCUT2D eigenvalue weighted by molar-refractivity contribution is 5.69. The van der Waals surface area contributed by atoms with Gasteiger partial charge in [0.25, 0.3) is 5.89 Å². The molecule has 1 aliphatic rings. The van der Waals surface area contributed by atoms with Crippen LogP contribution in [-0.2, 0) is 5.41 Å². The molecule has 1 atom stereocenters. The summed E-state index contributed by atoms with van der Waals surface area (Å²) in [6, 6.07) is 3.80. The van der Waals surface area contributed by atoms with Gasteiger partial charge in [-0.1, -0.05) is 25.9 Å². The van der Waals surface area contributed by atoms with Crippen LogP contribution in [0, 0.1) is 0 Å². The summed E-state index contributed by atoms with van der Waals surface area (Å²) in [7, 11) is 0. The fourth-order valence-electron chi connectivity index (χ4n) is 2.60. The van der Waals surface area contributed by atoms with E-state index in [2.05, 4.69) is 20.0 Å². The summed E-state index contributed by atoms with van der Waals surface area (Å²) in [5.41, 5.74) is 0.658. The molecule has 0 spiro atoms. The van der Waals surface area contributed by atoms with E-state index in [1.54, 1.807) is 6.20 Å². The lowest BCUT2D eigenvalue weighted by atomic mass is 9.96. The largest absolute Gasteiger partial charge is 0.391 e. The maximum atomic E-state index is 9.89. The summed E-state index contributed by atoms with van der Waals surface area (Å²) in [4.78, 5) is 11.1. The lowest BCUT2D eigenvalue weighted by Crippen LogP contribution is -2.39. The summed E-state index contributed by atoms with van der Waals surface area (Å²) in [5, 5.41) is 14.0. The molecular formula is C16H22N4O2.